The molecule has 0 aliphatic rings. The number of aromatic nitrogens is 6. The number of fused-ring (bicyclic) bond motifs is 1. The first-order chi connectivity index (χ1) is 11.2. The number of nitrogens with two attached hydrogens (primary N) is 1. The summed E-state index contributed by atoms with van der Waals surface area (Å²) in [6.07, 6.45) is 4.83. The molecule has 8 nitrogen and oxygen atoms in total. The van der Waals surface area contributed by atoms with Crippen LogP contribution in [0.2, 0.25) is 0 Å². The summed E-state index contributed by atoms with van der Waals surface area (Å²) in [5.74, 6) is 0.183. The van der Waals surface area contributed by atoms with Gasteiger partial charge in [-0.3, -0.25) is 0 Å². The molecular formula is C14H10FN7O. The highest BCUT2D eigenvalue weighted by atomic mass is 19.1. The van der Waals surface area contributed by atoms with Gasteiger partial charge in [0.25, 0.3) is 0 Å². The van der Waals surface area contributed by atoms with Crippen LogP contribution in [0.25, 0.3) is 22.6 Å². The smallest absolute Gasteiger partial charge is 0.199 e. The van der Waals surface area contributed by atoms with Crippen LogP contribution >= 0.6 is 0 Å². The van der Waals surface area contributed by atoms with Crippen LogP contribution in [0.3, 0.4) is 0 Å². The number of nitrogen functional groups attached to an aromatic ring is 1. The van der Waals surface area contributed by atoms with E-state index < -0.39 is 0 Å². The monoisotopic (exact) mass is 311 g/mol. The molecule has 3 aromatic heterocycles. The molecule has 0 atom stereocenters. The summed E-state index contributed by atoms with van der Waals surface area (Å²) >= 11 is 0. The van der Waals surface area contributed by atoms with Crippen LogP contribution in [0.15, 0.2) is 41.5 Å². The van der Waals surface area contributed by atoms with Gasteiger partial charge in [0.2, 0.25) is 0 Å². The van der Waals surface area contributed by atoms with Gasteiger partial charge in [0.1, 0.15) is 12.1 Å². The highest BCUT2D eigenvalue weighted by molar-refractivity contribution is 5.81. The van der Waals surface area contributed by atoms with Crippen LogP contribution in [0.1, 0.15) is 5.56 Å². The highest BCUT2D eigenvalue weighted by Gasteiger charge is 2.19. The fourth-order valence-corrected chi connectivity index (χ4v) is 2.39. The van der Waals surface area contributed by atoms with Crippen molar-refractivity contribution in [3.63, 3.8) is 0 Å². The van der Waals surface area contributed by atoms with Crippen molar-refractivity contribution >= 4 is 16.9 Å². The average molecular weight is 311 g/mol. The summed E-state index contributed by atoms with van der Waals surface area (Å²) in [6, 6.07) is 4.37. The van der Waals surface area contributed by atoms with Crippen molar-refractivity contribution in [1.82, 2.24) is 29.8 Å². The Bertz CT molecular complexity index is 979. The Morgan fingerprint density at radius 1 is 1.17 bits per heavy atom. The Kier molecular flexibility index (Phi) is 2.97. The van der Waals surface area contributed by atoms with Gasteiger partial charge in [-0.05, 0) is 22.4 Å². The molecule has 9 heteroatoms. The minimum atomic E-state index is -0.372. The minimum absolute atomic E-state index is 0.117. The summed E-state index contributed by atoms with van der Waals surface area (Å²) in [4.78, 5) is 12.4. The molecule has 114 valence electrons. The summed E-state index contributed by atoms with van der Waals surface area (Å²) in [5.41, 5.74) is 8.14. The second kappa shape index (κ2) is 5.13. The normalized spacial score (nSPS) is 11.2. The zero-order valence-corrected chi connectivity index (χ0v) is 11.7. The van der Waals surface area contributed by atoms with Gasteiger partial charge >= 0.3 is 0 Å². The molecule has 23 heavy (non-hydrogen) atoms. The Morgan fingerprint density at radius 3 is 2.74 bits per heavy atom. The molecule has 0 aliphatic carbocycles. The van der Waals surface area contributed by atoms with Gasteiger partial charge in [-0.1, -0.05) is 0 Å². The lowest BCUT2D eigenvalue weighted by molar-refractivity contribution is 0.310. The van der Waals surface area contributed by atoms with Crippen LogP contribution in [0.4, 0.5) is 10.2 Å². The van der Waals surface area contributed by atoms with Gasteiger partial charge in [-0.25, -0.2) is 24.0 Å². The summed E-state index contributed by atoms with van der Waals surface area (Å²) in [7, 11) is 0. The predicted octanol–water partition coefficient (Wildman–Crippen LogP) is 1.65. The molecule has 0 spiro atoms. The molecule has 0 unspecified atom stereocenters. The quantitative estimate of drug-likeness (QED) is 0.612. The van der Waals surface area contributed by atoms with Crippen molar-refractivity contribution in [2.24, 2.45) is 0 Å². The SMILES string of the molecule is Nc1nonc1-c1nc2cc(F)ccc2n1Cc1cncnc1. The number of anilines is 1. The maximum atomic E-state index is 13.5. The zero-order chi connectivity index (χ0) is 15.8. The molecular weight excluding hydrogens is 301 g/mol. The number of rotatable bonds is 3. The van der Waals surface area contributed by atoms with Crippen molar-refractivity contribution in [1.29, 1.82) is 0 Å². The number of hydrogen-bond acceptors (Lipinski definition) is 7. The number of benzene rings is 1. The van der Waals surface area contributed by atoms with Gasteiger partial charge < -0.3 is 10.3 Å². The first kappa shape index (κ1) is 13.3. The second-order valence-corrected chi connectivity index (χ2v) is 4.90. The van der Waals surface area contributed by atoms with E-state index in [1.54, 1.807) is 18.5 Å². The summed E-state index contributed by atoms with van der Waals surface area (Å²) in [6.45, 7) is 0.421. The second-order valence-electron chi connectivity index (χ2n) is 4.90. The molecule has 0 bridgehead atoms. The van der Waals surface area contributed by atoms with Crippen molar-refractivity contribution in [2.45, 2.75) is 6.54 Å². The van der Waals surface area contributed by atoms with Crippen molar-refractivity contribution in [3.8, 4) is 11.5 Å². The predicted molar refractivity (Wildman–Crippen MR) is 78.5 cm³/mol. The van der Waals surface area contributed by atoms with Crippen molar-refractivity contribution < 1.29 is 9.02 Å². The first-order valence-corrected chi connectivity index (χ1v) is 6.70. The summed E-state index contributed by atoms with van der Waals surface area (Å²) < 4.78 is 20.0. The molecule has 0 fully saturated rings. The topological polar surface area (TPSA) is 109 Å². The maximum absolute atomic E-state index is 13.5. The van der Waals surface area contributed by atoms with Gasteiger partial charge in [-0.2, -0.15) is 0 Å². The molecule has 0 saturated carbocycles. The number of halogens is 1. The molecule has 0 aliphatic heterocycles. The minimum Gasteiger partial charge on any atom is -0.379 e. The molecule has 0 radical (unpaired) electrons. The average Bonchev–Trinajstić information content (AvgIpc) is 3.12. The van der Waals surface area contributed by atoms with E-state index in [4.69, 9.17) is 5.73 Å². The van der Waals surface area contributed by atoms with Crippen LogP contribution in [-0.4, -0.2) is 29.8 Å². The highest BCUT2D eigenvalue weighted by Crippen LogP contribution is 2.27. The largest absolute Gasteiger partial charge is 0.379 e. The fourth-order valence-electron chi connectivity index (χ4n) is 2.39. The van der Waals surface area contributed by atoms with Crippen molar-refractivity contribution in [3.05, 3.63) is 48.3 Å². The Morgan fingerprint density at radius 2 is 2.00 bits per heavy atom. The zero-order valence-electron chi connectivity index (χ0n) is 11.7. The van der Waals surface area contributed by atoms with Crippen LogP contribution < -0.4 is 5.73 Å². The Balaban J connectivity index is 1.94. The lowest BCUT2D eigenvalue weighted by Crippen LogP contribution is -2.04. The van der Waals surface area contributed by atoms with E-state index in [1.165, 1.54) is 18.5 Å². The number of hydrogen-bond donors (Lipinski definition) is 1. The van der Waals surface area contributed by atoms with E-state index in [0.29, 0.717) is 23.6 Å². The maximum Gasteiger partial charge on any atom is 0.199 e. The third-order valence-corrected chi connectivity index (χ3v) is 3.39. The lowest BCUT2D eigenvalue weighted by Gasteiger charge is -2.07. The first-order valence-electron chi connectivity index (χ1n) is 6.70. The molecule has 4 aromatic rings. The van der Waals surface area contributed by atoms with Gasteiger partial charge in [0.15, 0.2) is 17.3 Å². The third-order valence-electron chi connectivity index (χ3n) is 3.39. The van der Waals surface area contributed by atoms with Gasteiger partial charge in [0.05, 0.1) is 17.6 Å². The molecule has 3 heterocycles. The van der Waals surface area contributed by atoms with E-state index in [-0.39, 0.29) is 11.6 Å². The molecule has 4 rings (SSSR count). The van der Waals surface area contributed by atoms with Gasteiger partial charge in [-0.15, -0.1) is 0 Å². The van der Waals surface area contributed by atoms with E-state index in [1.807, 2.05) is 4.57 Å². The molecule has 2 N–H and O–H groups in total. The van der Waals surface area contributed by atoms with Gasteiger partial charge in [0, 0.05) is 24.0 Å². The van der Waals surface area contributed by atoms with Crippen molar-refractivity contribution in [2.75, 3.05) is 5.73 Å². The third kappa shape index (κ3) is 2.27. The van der Waals surface area contributed by atoms with Crippen LogP contribution in [0.5, 0.6) is 0 Å². The number of nitrogens with zero attached hydrogens (tertiary/aromatic N) is 6. The standard InChI is InChI=1S/C14H10FN7O/c15-9-1-2-11-10(3-9)19-14(12-13(16)21-23-20-12)22(11)6-8-4-17-7-18-5-8/h1-5,7H,6H2,(H2,16,21). The van der Waals surface area contributed by atoms with Crippen LogP contribution in [0, 0.1) is 5.82 Å². The van der Waals surface area contributed by atoms with E-state index >= 15 is 0 Å². The van der Waals surface area contributed by atoms with E-state index in [9.17, 15) is 4.39 Å². The Labute approximate surface area is 128 Å². The lowest BCUT2D eigenvalue weighted by atomic mass is 10.3. The summed E-state index contributed by atoms with van der Waals surface area (Å²) in [5, 5.41) is 7.35. The Hall–Kier alpha value is -3.36. The van der Waals surface area contributed by atoms with Crippen LogP contribution in [-0.2, 0) is 6.54 Å². The fraction of sp³-hybridized carbons (Fsp3) is 0.0714. The van der Waals surface area contributed by atoms with E-state index in [2.05, 4.69) is 29.9 Å². The molecule has 1 aromatic carbocycles. The molecule has 0 amide bonds. The molecule has 0 saturated heterocycles. The van der Waals surface area contributed by atoms with E-state index in [0.717, 1.165) is 11.1 Å². The number of imidazole rings is 1.